The quantitative estimate of drug-likeness (QED) is 0.425. The van der Waals surface area contributed by atoms with Gasteiger partial charge < -0.3 is 9.47 Å². The molecule has 54 valence electrons. The van der Waals surface area contributed by atoms with Gasteiger partial charge in [0.25, 0.3) is 0 Å². The van der Waals surface area contributed by atoms with Gasteiger partial charge in [0.2, 0.25) is 0 Å². The van der Waals surface area contributed by atoms with Crippen molar-refractivity contribution in [1.82, 2.24) is 0 Å². The van der Waals surface area contributed by atoms with Crippen molar-refractivity contribution in [3.63, 3.8) is 0 Å². The van der Waals surface area contributed by atoms with Gasteiger partial charge in [0.1, 0.15) is 0 Å². The summed E-state index contributed by atoms with van der Waals surface area (Å²) in [7, 11) is 1.61. The first-order valence-corrected chi connectivity index (χ1v) is 3.01. The van der Waals surface area contributed by atoms with Crippen LogP contribution in [-0.2, 0) is 9.47 Å². The normalized spacial score (nSPS) is 16.8. The first-order chi connectivity index (χ1) is 4.20. The van der Waals surface area contributed by atoms with Gasteiger partial charge in [-0.25, -0.2) is 0 Å². The van der Waals surface area contributed by atoms with Crippen molar-refractivity contribution in [3.8, 4) is 0 Å². The van der Waals surface area contributed by atoms with Crippen molar-refractivity contribution in [3.05, 3.63) is 12.7 Å². The average molecular weight is 130 g/mol. The zero-order valence-electron chi connectivity index (χ0n) is 6.26. The number of hydrogen-bond acceptors (Lipinski definition) is 2. The lowest BCUT2D eigenvalue weighted by atomic mass is 10.4. The first kappa shape index (κ1) is 8.66. The van der Waals surface area contributed by atoms with Gasteiger partial charge in [-0.3, -0.25) is 0 Å². The summed E-state index contributed by atoms with van der Waals surface area (Å²) in [6, 6.07) is 0. The average Bonchev–Trinajstić information content (AvgIpc) is 1.87. The molecule has 0 rings (SSSR count). The molecule has 0 aromatic heterocycles. The molecule has 0 heterocycles. The molecular formula is C7H14O2. The van der Waals surface area contributed by atoms with Gasteiger partial charge in [0, 0.05) is 7.11 Å². The van der Waals surface area contributed by atoms with Crippen LogP contribution >= 0.6 is 0 Å². The molecule has 0 bridgehead atoms. The summed E-state index contributed by atoms with van der Waals surface area (Å²) in [5.74, 6) is 0. The summed E-state index contributed by atoms with van der Waals surface area (Å²) in [6.45, 7) is 7.33. The van der Waals surface area contributed by atoms with Crippen LogP contribution in [0.1, 0.15) is 13.8 Å². The van der Waals surface area contributed by atoms with E-state index >= 15 is 0 Å². The Kier molecular flexibility index (Phi) is 4.36. The monoisotopic (exact) mass is 130 g/mol. The molecule has 0 aromatic rings. The summed E-state index contributed by atoms with van der Waals surface area (Å²) < 4.78 is 10.1. The van der Waals surface area contributed by atoms with Crippen molar-refractivity contribution >= 4 is 0 Å². The second-order valence-corrected chi connectivity index (χ2v) is 1.88. The molecule has 0 fully saturated rings. The Bertz CT molecular complexity index is 81.0. The van der Waals surface area contributed by atoms with Crippen molar-refractivity contribution in [1.29, 1.82) is 0 Å². The Labute approximate surface area is 56.5 Å². The van der Waals surface area contributed by atoms with Crippen molar-refractivity contribution in [2.24, 2.45) is 0 Å². The van der Waals surface area contributed by atoms with E-state index in [-0.39, 0.29) is 12.4 Å². The molecule has 0 aliphatic carbocycles. The van der Waals surface area contributed by atoms with E-state index in [4.69, 9.17) is 9.47 Å². The largest absolute Gasteiger partial charge is 0.356 e. The van der Waals surface area contributed by atoms with Gasteiger partial charge in [0.15, 0.2) is 6.29 Å². The van der Waals surface area contributed by atoms with Crippen LogP contribution in [0.15, 0.2) is 12.7 Å². The number of ether oxygens (including phenoxy) is 2. The van der Waals surface area contributed by atoms with Crippen LogP contribution in [0.4, 0.5) is 0 Å². The molecule has 2 atom stereocenters. The van der Waals surface area contributed by atoms with E-state index in [0.29, 0.717) is 0 Å². The zero-order valence-corrected chi connectivity index (χ0v) is 6.26. The summed E-state index contributed by atoms with van der Waals surface area (Å²) in [4.78, 5) is 0. The van der Waals surface area contributed by atoms with E-state index in [0.717, 1.165) is 0 Å². The lowest BCUT2D eigenvalue weighted by molar-refractivity contribution is -0.126. The van der Waals surface area contributed by atoms with E-state index in [9.17, 15) is 0 Å². The fourth-order valence-corrected chi connectivity index (χ4v) is 0.413. The van der Waals surface area contributed by atoms with Gasteiger partial charge in [-0.1, -0.05) is 6.08 Å². The molecule has 0 aliphatic heterocycles. The van der Waals surface area contributed by atoms with Gasteiger partial charge >= 0.3 is 0 Å². The third kappa shape index (κ3) is 4.18. The molecule has 0 aromatic carbocycles. The fraction of sp³-hybridized carbons (Fsp3) is 0.714. The molecule has 0 saturated heterocycles. The molecule has 2 nitrogen and oxygen atoms in total. The lowest BCUT2D eigenvalue weighted by Crippen LogP contribution is -2.16. The van der Waals surface area contributed by atoms with Gasteiger partial charge in [0.05, 0.1) is 6.10 Å². The maximum absolute atomic E-state index is 5.21. The molecule has 0 saturated carbocycles. The Balaban J connectivity index is 3.33. The van der Waals surface area contributed by atoms with Crippen LogP contribution in [0.2, 0.25) is 0 Å². The smallest absolute Gasteiger partial charge is 0.155 e. The maximum Gasteiger partial charge on any atom is 0.155 e. The highest BCUT2D eigenvalue weighted by atomic mass is 16.7. The molecule has 2 unspecified atom stereocenters. The molecule has 0 amide bonds. The minimum absolute atomic E-state index is 0.0694. The van der Waals surface area contributed by atoms with Gasteiger partial charge in [-0.05, 0) is 13.8 Å². The Hall–Kier alpha value is -0.340. The fourth-order valence-electron chi connectivity index (χ4n) is 0.413. The molecule has 9 heavy (non-hydrogen) atoms. The standard InChI is InChI=1S/C7H14O2/c1-5-6(2)9-7(3)8-4/h5-7H,1H2,2-4H3. The molecule has 0 spiro atoms. The van der Waals surface area contributed by atoms with Crippen molar-refractivity contribution < 1.29 is 9.47 Å². The minimum Gasteiger partial charge on any atom is -0.356 e. The lowest BCUT2D eigenvalue weighted by Gasteiger charge is -2.13. The van der Waals surface area contributed by atoms with E-state index < -0.39 is 0 Å². The predicted molar refractivity (Wildman–Crippen MR) is 37.2 cm³/mol. The highest BCUT2D eigenvalue weighted by molar-refractivity contribution is 4.75. The van der Waals surface area contributed by atoms with Crippen molar-refractivity contribution in [2.75, 3.05) is 7.11 Å². The van der Waals surface area contributed by atoms with E-state index in [1.54, 1.807) is 13.2 Å². The topological polar surface area (TPSA) is 18.5 Å². The van der Waals surface area contributed by atoms with E-state index in [1.165, 1.54) is 0 Å². The molecule has 0 radical (unpaired) electrons. The maximum atomic E-state index is 5.21. The van der Waals surface area contributed by atoms with Crippen molar-refractivity contribution in [2.45, 2.75) is 26.2 Å². The predicted octanol–water partition coefficient (Wildman–Crippen LogP) is 1.57. The minimum atomic E-state index is -0.141. The Morgan fingerprint density at radius 1 is 1.44 bits per heavy atom. The summed E-state index contributed by atoms with van der Waals surface area (Å²) >= 11 is 0. The highest BCUT2D eigenvalue weighted by Crippen LogP contribution is 1.97. The molecule has 0 aliphatic rings. The number of rotatable bonds is 4. The Morgan fingerprint density at radius 2 is 2.00 bits per heavy atom. The third-order valence-corrected chi connectivity index (χ3v) is 1.07. The molecule has 2 heteroatoms. The van der Waals surface area contributed by atoms with Gasteiger partial charge in [-0.2, -0.15) is 0 Å². The van der Waals surface area contributed by atoms with E-state index in [2.05, 4.69) is 6.58 Å². The van der Waals surface area contributed by atoms with Gasteiger partial charge in [-0.15, -0.1) is 6.58 Å². The second-order valence-electron chi connectivity index (χ2n) is 1.88. The van der Waals surface area contributed by atoms with Crippen LogP contribution in [-0.4, -0.2) is 19.5 Å². The Morgan fingerprint density at radius 3 is 2.33 bits per heavy atom. The summed E-state index contributed by atoms with van der Waals surface area (Å²) in [5, 5.41) is 0. The van der Waals surface area contributed by atoms with Crippen LogP contribution < -0.4 is 0 Å². The first-order valence-electron chi connectivity index (χ1n) is 3.01. The summed E-state index contributed by atoms with van der Waals surface area (Å²) in [5.41, 5.74) is 0. The highest BCUT2D eigenvalue weighted by Gasteiger charge is 2.01. The van der Waals surface area contributed by atoms with Crippen LogP contribution in [0, 0.1) is 0 Å². The SMILES string of the molecule is C=CC(C)OC(C)OC. The van der Waals surface area contributed by atoms with E-state index in [1.807, 2.05) is 13.8 Å². The third-order valence-electron chi connectivity index (χ3n) is 1.07. The number of hydrogen-bond donors (Lipinski definition) is 0. The van der Waals surface area contributed by atoms with Crippen LogP contribution in [0.25, 0.3) is 0 Å². The number of methoxy groups -OCH3 is 1. The van der Waals surface area contributed by atoms with Crippen LogP contribution in [0.5, 0.6) is 0 Å². The summed E-state index contributed by atoms with van der Waals surface area (Å²) in [6.07, 6.45) is 1.66. The van der Waals surface area contributed by atoms with Crippen LogP contribution in [0.3, 0.4) is 0 Å². The zero-order chi connectivity index (χ0) is 7.28. The second kappa shape index (κ2) is 4.53. The molecular weight excluding hydrogens is 116 g/mol. The molecule has 0 N–H and O–H groups in total.